The average Bonchev–Trinajstić information content (AvgIpc) is 3.41. The second-order valence-electron chi connectivity index (χ2n) is 8.75. The highest BCUT2D eigenvalue weighted by Crippen LogP contribution is 2.41. The van der Waals surface area contributed by atoms with Crippen LogP contribution in [0.2, 0.25) is 0 Å². The van der Waals surface area contributed by atoms with E-state index in [9.17, 15) is 24.2 Å². The molecule has 1 aliphatic rings. The first-order valence-corrected chi connectivity index (χ1v) is 11.5. The van der Waals surface area contributed by atoms with Crippen molar-refractivity contribution >= 4 is 23.2 Å². The van der Waals surface area contributed by atoms with E-state index in [1.807, 2.05) is 0 Å². The molecular weight excluding hydrogens is 473 g/mol. The van der Waals surface area contributed by atoms with E-state index in [1.165, 1.54) is 23.0 Å². The zero-order chi connectivity index (χ0) is 26.0. The number of nitrogens with zero attached hydrogens (tertiary/aromatic N) is 3. The molecule has 1 saturated heterocycles. The molecule has 1 aromatic carbocycles. The van der Waals surface area contributed by atoms with Crippen LogP contribution in [0.4, 0.5) is 10.2 Å². The molecule has 0 radical (unpaired) electrons. The van der Waals surface area contributed by atoms with Gasteiger partial charge in [0.2, 0.25) is 5.91 Å². The first-order valence-electron chi connectivity index (χ1n) is 11.5. The first-order chi connectivity index (χ1) is 17.2. The molecule has 4 rings (SSSR count). The molecule has 5 atom stereocenters. The number of nitrogens with two attached hydrogens (primary N) is 1. The van der Waals surface area contributed by atoms with Crippen LogP contribution in [0, 0.1) is 5.82 Å². The maximum absolute atomic E-state index is 13.1. The Kier molecular flexibility index (Phi) is 7.31. The second-order valence-corrected chi connectivity index (χ2v) is 8.75. The lowest BCUT2D eigenvalue weighted by Crippen LogP contribution is -2.42. The van der Waals surface area contributed by atoms with E-state index in [0.717, 1.165) is 0 Å². The summed E-state index contributed by atoms with van der Waals surface area (Å²) in [6.45, 7) is 2.75. The van der Waals surface area contributed by atoms with Crippen molar-refractivity contribution in [1.29, 1.82) is 0 Å². The Labute approximate surface area is 206 Å². The number of anilines is 1. The molecule has 11 nitrogen and oxygen atoms in total. The predicted octanol–water partition coefficient (Wildman–Crippen LogP) is 0.666. The summed E-state index contributed by atoms with van der Waals surface area (Å²) in [6.07, 6.45) is -1.81. The molecule has 0 aliphatic carbocycles. The molecule has 0 spiro atoms. The van der Waals surface area contributed by atoms with Gasteiger partial charge >= 0.3 is 5.97 Å². The molecule has 192 valence electrons. The fourth-order valence-corrected chi connectivity index (χ4v) is 4.28. The van der Waals surface area contributed by atoms with Crippen LogP contribution in [0.1, 0.15) is 31.5 Å². The SMILES string of the molecule is CCC(=O)O[C@H]1[C@@H](O)[C@](C)(c2ccc3c(NC(=O)[C@@H](N)Cc4ccc(F)cc4)ncnn23)O[C@@H]1CO. The summed E-state index contributed by atoms with van der Waals surface area (Å²) in [5, 5.41) is 27.7. The van der Waals surface area contributed by atoms with Crippen LogP contribution in [-0.2, 0) is 31.1 Å². The van der Waals surface area contributed by atoms with Crippen LogP contribution in [0.25, 0.3) is 5.52 Å². The fourth-order valence-electron chi connectivity index (χ4n) is 4.28. The highest BCUT2D eigenvalue weighted by Gasteiger charge is 2.55. The molecule has 1 amide bonds. The van der Waals surface area contributed by atoms with Gasteiger partial charge in [0.1, 0.15) is 35.5 Å². The van der Waals surface area contributed by atoms with Crippen LogP contribution in [0.15, 0.2) is 42.7 Å². The summed E-state index contributed by atoms with van der Waals surface area (Å²) in [4.78, 5) is 28.7. The number of halogens is 1. The third-order valence-electron chi connectivity index (χ3n) is 6.28. The van der Waals surface area contributed by atoms with E-state index in [4.69, 9.17) is 15.2 Å². The van der Waals surface area contributed by atoms with Crippen molar-refractivity contribution in [3.63, 3.8) is 0 Å². The highest BCUT2D eigenvalue weighted by molar-refractivity contribution is 5.97. The van der Waals surface area contributed by atoms with Crippen LogP contribution >= 0.6 is 0 Å². The number of aromatic nitrogens is 3. The van der Waals surface area contributed by atoms with E-state index in [1.54, 1.807) is 38.1 Å². The zero-order valence-corrected chi connectivity index (χ0v) is 19.8. The van der Waals surface area contributed by atoms with Gasteiger partial charge in [-0.25, -0.2) is 13.9 Å². The number of carbonyl (C=O) groups excluding carboxylic acids is 2. The molecule has 5 N–H and O–H groups in total. The quantitative estimate of drug-likeness (QED) is 0.325. The van der Waals surface area contributed by atoms with Crippen LogP contribution in [0.3, 0.4) is 0 Å². The number of esters is 1. The smallest absolute Gasteiger partial charge is 0.305 e. The van der Waals surface area contributed by atoms with Crippen molar-refractivity contribution in [2.24, 2.45) is 5.73 Å². The van der Waals surface area contributed by atoms with Crippen molar-refractivity contribution < 1.29 is 33.7 Å². The number of carbonyl (C=O) groups is 2. The van der Waals surface area contributed by atoms with E-state index in [0.29, 0.717) is 16.8 Å². The number of fused-ring (bicyclic) bond motifs is 1. The summed E-state index contributed by atoms with van der Waals surface area (Å²) < 4.78 is 25.9. The summed E-state index contributed by atoms with van der Waals surface area (Å²) in [7, 11) is 0. The zero-order valence-electron chi connectivity index (χ0n) is 19.8. The number of aliphatic hydroxyl groups excluding tert-OH is 2. The number of amides is 1. The van der Waals surface area contributed by atoms with E-state index >= 15 is 0 Å². The molecule has 1 fully saturated rings. The maximum atomic E-state index is 13.1. The molecule has 36 heavy (non-hydrogen) atoms. The minimum absolute atomic E-state index is 0.103. The monoisotopic (exact) mass is 501 g/mol. The van der Waals surface area contributed by atoms with Crippen molar-refractivity contribution in [1.82, 2.24) is 14.6 Å². The summed E-state index contributed by atoms with van der Waals surface area (Å²) >= 11 is 0. The maximum Gasteiger partial charge on any atom is 0.305 e. The number of hydrogen-bond acceptors (Lipinski definition) is 9. The highest BCUT2D eigenvalue weighted by atomic mass is 19.1. The van der Waals surface area contributed by atoms with E-state index in [-0.39, 0.29) is 24.5 Å². The summed E-state index contributed by atoms with van der Waals surface area (Å²) in [5.74, 6) is -1.23. The van der Waals surface area contributed by atoms with Gasteiger partial charge in [-0.1, -0.05) is 19.1 Å². The van der Waals surface area contributed by atoms with E-state index < -0.39 is 48.4 Å². The Morgan fingerprint density at radius 3 is 2.69 bits per heavy atom. The van der Waals surface area contributed by atoms with Gasteiger partial charge < -0.3 is 30.7 Å². The van der Waals surface area contributed by atoms with Gasteiger partial charge in [0, 0.05) is 6.42 Å². The molecule has 0 saturated carbocycles. The predicted molar refractivity (Wildman–Crippen MR) is 125 cm³/mol. The van der Waals surface area contributed by atoms with Gasteiger partial charge in [-0.3, -0.25) is 9.59 Å². The minimum atomic E-state index is -1.40. The number of benzene rings is 1. The first kappa shape index (κ1) is 25.6. The summed E-state index contributed by atoms with van der Waals surface area (Å²) in [5.41, 5.74) is 6.15. The molecule has 0 bridgehead atoms. The Bertz CT molecular complexity index is 1250. The van der Waals surface area contributed by atoms with Gasteiger partial charge in [0.05, 0.1) is 18.3 Å². The minimum Gasteiger partial charge on any atom is -0.457 e. The molecule has 3 aromatic rings. The normalized spacial score (nSPS) is 24.6. The topological polar surface area (TPSA) is 161 Å². The summed E-state index contributed by atoms with van der Waals surface area (Å²) in [6, 6.07) is 8.07. The molecule has 3 heterocycles. The average molecular weight is 502 g/mol. The lowest BCUT2D eigenvalue weighted by atomic mass is 9.93. The van der Waals surface area contributed by atoms with E-state index in [2.05, 4.69) is 15.4 Å². The van der Waals surface area contributed by atoms with Gasteiger partial charge in [-0.2, -0.15) is 5.10 Å². The second kappa shape index (κ2) is 10.3. The molecular formula is C24H28FN5O6. The van der Waals surface area contributed by atoms with Gasteiger partial charge in [-0.05, 0) is 43.2 Å². The number of hydrogen-bond donors (Lipinski definition) is 4. The van der Waals surface area contributed by atoms with Crippen molar-refractivity contribution in [2.75, 3.05) is 11.9 Å². The third kappa shape index (κ3) is 4.80. The fraction of sp³-hybridized carbons (Fsp3) is 0.417. The third-order valence-corrected chi connectivity index (χ3v) is 6.28. The van der Waals surface area contributed by atoms with Crippen LogP contribution in [-0.4, -0.2) is 67.6 Å². The number of rotatable bonds is 8. The largest absolute Gasteiger partial charge is 0.457 e. The molecule has 2 aromatic heterocycles. The lowest BCUT2D eigenvalue weighted by Gasteiger charge is -2.27. The molecule has 12 heteroatoms. The molecule has 1 aliphatic heterocycles. The van der Waals surface area contributed by atoms with Gasteiger partial charge in [0.15, 0.2) is 11.9 Å². The van der Waals surface area contributed by atoms with Crippen molar-refractivity contribution in [3.05, 3.63) is 59.8 Å². The Morgan fingerprint density at radius 2 is 2.03 bits per heavy atom. The number of aliphatic hydroxyl groups is 2. The van der Waals surface area contributed by atoms with Gasteiger partial charge in [-0.15, -0.1) is 0 Å². The van der Waals surface area contributed by atoms with Gasteiger partial charge in [0.25, 0.3) is 0 Å². The lowest BCUT2D eigenvalue weighted by molar-refractivity contribution is -0.156. The van der Waals surface area contributed by atoms with Crippen LogP contribution < -0.4 is 11.1 Å². The Hall–Kier alpha value is -3.45. The van der Waals surface area contributed by atoms with Crippen LogP contribution in [0.5, 0.6) is 0 Å². The number of ether oxygens (including phenoxy) is 2. The Balaban J connectivity index is 1.57. The van der Waals surface area contributed by atoms with Crippen molar-refractivity contribution in [3.8, 4) is 0 Å². The standard InChI is InChI=1S/C24H28FN5O6/c1-3-19(32)35-20-17(11-31)36-24(2,21(20)33)18-9-8-16-22(27-12-28-30(16)18)29-23(34)15(26)10-13-4-6-14(25)7-5-13/h4-9,12,15,17,20-21,31,33H,3,10-11,26H2,1-2H3,(H,27,28,29,34)/t15-,17+,20+,21+,24-/m0/s1. The molecule has 0 unspecified atom stereocenters. The Morgan fingerprint density at radius 1 is 1.31 bits per heavy atom. The van der Waals surface area contributed by atoms with Crippen molar-refractivity contribution in [2.45, 2.75) is 56.6 Å². The number of nitrogens with one attached hydrogen (secondary N) is 1.